The Morgan fingerprint density at radius 2 is 1.55 bits per heavy atom. The molecule has 3 N–H and O–H groups in total. The molecular formula is C24H21F3N4O7. The zero-order valence-electron chi connectivity index (χ0n) is 20.4. The fourth-order valence-corrected chi connectivity index (χ4v) is 4.17. The molecule has 1 atom stereocenters. The first-order chi connectivity index (χ1) is 17.9. The van der Waals surface area contributed by atoms with Gasteiger partial charge in [0.05, 0.1) is 27.0 Å². The van der Waals surface area contributed by atoms with E-state index in [9.17, 15) is 32.3 Å². The number of nitrogens with zero attached hydrogens (tertiary/aromatic N) is 1. The fourth-order valence-electron chi connectivity index (χ4n) is 4.17. The van der Waals surface area contributed by atoms with E-state index in [0.29, 0.717) is 4.57 Å². The molecule has 0 fully saturated rings. The first-order valence-corrected chi connectivity index (χ1v) is 10.9. The average molecular weight is 534 g/mol. The molecule has 0 bridgehead atoms. The smallest absolute Gasteiger partial charge is 0.425 e. The number of aromatic nitrogens is 2. The minimum Gasteiger partial charge on any atom is -0.493 e. The van der Waals surface area contributed by atoms with Crippen molar-refractivity contribution in [1.29, 1.82) is 0 Å². The zero-order valence-corrected chi connectivity index (χ0v) is 20.4. The van der Waals surface area contributed by atoms with Crippen LogP contribution in [-0.2, 0) is 10.3 Å². The standard InChI is InChI=1S/C24H21F3N4O7/c1-11-5-7-13(8-6-11)31-18-16(20(33)29-22(31)35)23(21(34)28-18,24(25,26)27)30-19(32)12-9-14(36-2)17(38-4)15(10-12)37-3/h5-10H,1-4H3,(H,28,34)(H,30,32)(H,29,33,35)/t23-/m1/s1. The number of aryl methyl sites for hydroxylation is 1. The third kappa shape index (κ3) is 3.93. The molecule has 1 aliphatic heterocycles. The normalized spacial score (nSPS) is 16.4. The number of hydrogen-bond acceptors (Lipinski definition) is 7. The van der Waals surface area contributed by atoms with Crippen LogP contribution < -0.4 is 36.1 Å². The highest BCUT2D eigenvalue weighted by Crippen LogP contribution is 2.46. The lowest BCUT2D eigenvalue weighted by Crippen LogP contribution is -2.62. The highest BCUT2D eigenvalue weighted by molar-refractivity contribution is 6.09. The molecule has 0 radical (unpaired) electrons. The van der Waals surface area contributed by atoms with E-state index in [4.69, 9.17) is 14.2 Å². The number of ether oxygens (including phenoxy) is 3. The van der Waals surface area contributed by atoms with Gasteiger partial charge in [0.15, 0.2) is 11.5 Å². The maximum atomic E-state index is 14.7. The molecule has 38 heavy (non-hydrogen) atoms. The SMILES string of the molecule is COc1cc(C(=O)N[C@@]2(C(F)(F)F)C(=O)Nc3c2c(=O)[nH]c(=O)n3-c2ccc(C)cc2)cc(OC)c1OC. The van der Waals surface area contributed by atoms with Crippen molar-refractivity contribution in [2.75, 3.05) is 26.6 Å². The number of rotatable bonds is 6. The number of H-pyrrole nitrogens is 1. The Morgan fingerprint density at radius 1 is 0.974 bits per heavy atom. The highest BCUT2D eigenvalue weighted by atomic mass is 19.4. The van der Waals surface area contributed by atoms with E-state index in [1.807, 2.05) is 10.3 Å². The van der Waals surface area contributed by atoms with Gasteiger partial charge in [-0.3, -0.25) is 19.4 Å². The van der Waals surface area contributed by atoms with Gasteiger partial charge in [-0.15, -0.1) is 0 Å². The molecule has 0 saturated heterocycles. The molecule has 0 spiro atoms. The van der Waals surface area contributed by atoms with Gasteiger partial charge < -0.3 is 24.8 Å². The molecular weight excluding hydrogens is 513 g/mol. The van der Waals surface area contributed by atoms with Crippen molar-refractivity contribution in [3.8, 4) is 22.9 Å². The number of alkyl halides is 3. The first kappa shape index (κ1) is 26.3. The molecule has 11 nitrogen and oxygen atoms in total. The van der Waals surface area contributed by atoms with Gasteiger partial charge in [0.2, 0.25) is 5.75 Å². The van der Waals surface area contributed by atoms with Crippen LogP contribution in [0.25, 0.3) is 5.69 Å². The van der Waals surface area contributed by atoms with Gasteiger partial charge in [0.25, 0.3) is 22.9 Å². The van der Waals surface area contributed by atoms with Crippen LogP contribution in [0.3, 0.4) is 0 Å². The van der Waals surface area contributed by atoms with Crippen LogP contribution in [0.5, 0.6) is 17.2 Å². The van der Waals surface area contributed by atoms with E-state index in [0.717, 1.165) is 17.7 Å². The second-order valence-electron chi connectivity index (χ2n) is 8.22. The molecule has 0 aliphatic carbocycles. The van der Waals surface area contributed by atoms with Crippen LogP contribution in [0.4, 0.5) is 19.0 Å². The van der Waals surface area contributed by atoms with E-state index >= 15 is 0 Å². The predicted octanol–water partition coefficient (Wildman–Crippen LogP) is 2.00. The monoisotopic (exact) mass is 534 g/mol. The van der Waals surface area contributed by atoms with Gasteiger partial charge >= 0.3 is 11.9 Å². The Hall–Kier alpha value is -4.75. The molecule has 1 aliphatic rings. The number of halogens is 3. The number of carbonyl (C=O) groups excluding carboxylic acids is 2. The molecule has 3 aromatic rings. The lowest BCUT2D eigenvalue weighted by molar-refractivity contribution is -0.196. The lowest BCUT2D eigenvalue weighted by atomic mass is 9.91. The number of anilines is 1. The third-order valence-corrected chi connectivity index (χ3v) is 6.00. The molecule has 2 aromatic carbocycles. The van der Waals surface area contributed by atoms with Crippen LogP contribution in [0.1, 0.15) is 21.5 Å². The van der Waals surface area contributed by atoms with Crippen LogP contribution in [0.15, 0.2) is 46.0 Å². The highest BCUT2D eigenvalue weighted by Gasteiger charge is 2.68. The maximum absolute atomic E-state index is 14.7. The predicted molar refractivity (Wildman–Crippen MR) is 127 cm³/mol. The summed E-state index contributed by atoms with van der Waals surface area (Å²) in [6.07, 6.45) is -5.51. The van der Waals surface area contributed by atoms with Crippen LogP contribution >= 0.6 is 0 Å². The summed E-state index contributed by atoms with van der Waals surface area (Å²) in [4.78, 5) is 53.5. The Morgan fingerprint density at radius 3 is 2.05 bits per heavy atom. The molecule has 0 unspecified atom stereocenters. The minimum atomic E-state index is -5.51. The van der Waals surface area contributed by atoms with Gasteiger partial charge in [0, 0.05) is 5.56 Å². The Kier molecular flexibility index (Phi) is 6.43. The van der Waals surface area contributed by atoms with E-state index < -0.39 is 51.7 Å². The summed E-state index contributed by atoms with van der Waals surface area (Å²) >= 11 is 0. The molecule has 14 heteroatoms. The Balaban J connectivity index is 1.94. The quantitative estimate of drug-likeness (QED) is 0.439. The second-order valence-corrected chi connectivity index (χ2v) is 8.22. The molecule has 2 amide bonds. The van der Waals surface area contributed by atoms with Crippen molar-refractivity contribution < 1.29 is 37.0 Å². The molecule has 0 saturated carbocycles. The van der Waals surface area contributed by atoms with Crippen LogP contribution in [0, 0.1) is 6.92 Å². The summed E-state index contributed by atoms with van der Waals surface area (Å²) in [6, 6.07) is 8.16. The van der Waals surface area contributed by atoms with Crippen molar-refractivity contribution in [1.82, 2.24) is 14.9 Å². The van der Waals surface area contributed by atoms with Crippen molar-refractivity contribution in [2.45, 2.75) is 18.6 Å². The van der Waals surface area contributed by atoms with Gasteiger partial charge in [-0.25, -0.2) is 9.36 Å². The van der Waals surface area contributed by atoms with Crippen LogP contribution in [0.2, 0.25) is 0 Å². The molecule has 2 heterocycles. The summed E-state index contributed by atoms with van der Waals surface area (Å²) in [5.74, 6) is -3.91. The average Bonchev–Trinajstić information content (AvgIpc) is 3.16. The number of fused-ring (bicyclic) bond motifs is 1. The second kappa shape index (κ2) is 9.28. The molecule has 4 rings (SSSR count). The minimum absolute atomic E-state index is 0.0413. The number of aromatic amines is 1. The van der Waals surface area contributed by atoms with E-state index in [1.165, 1.54) is 33.5 Å². The topological polar surface area (TPSA) is 141 Å². The van der Waals surface area contributed by atoms with Crippen molar-refractivity contribution >= 4 is 17.6 Å². The third-order valence-electron chi connectivity index (χ3n) is 6.00. The van der Waals surface area contributed by atoms with Crippen molar-refractivity contribution in [2.24, 2.45) is 0 Å². The number of amides is 2. The number of methoxy groups -OCH3 is 3. The van der Waals surface area contributed by atoms with Gasteiger partial charge in [0.1, 0.15) is 11.4 Å². The van der Waals surface area contributed by atoms with Crippen molar-refractivity contribution in [3.63, 3.8) is 0 Å². The number of nitrogens with one attached hydrogen (secondary N) is 3. The van der Waals surface area contributed by atoms with Crippen LogP contribution in [-0.4, -0.2) is 48.9 Å². The number of benzene rings is 2. The first-order valence-electron chi connectivity index (χ1n) is 10.9. The summed E-state index contributed by atoms with van der Waals surface area (Å²) < 4.78 is 60.3. The summed E-state index contributed by atoms with van der Waals surface area (Å²) in [6.45, 7) is 1.75. The summed E-state index contributed by atoms with van der Waals surface area (Å²) in [7, 11) is 3.76. The number of carbonyl (C=O) groups is 2. The largest absolute Gasteiger partial charge is 0.493 e. The summed E-state index contributed by atoms with van der Waals surface area (Å²) in [5, 5.41) is 3.66. The van der Waals surface area contributed by atoms with Gasteiger partial charge in [-0.05, 0) is 31.2 Å². The van der Waals surface area contributed by atoms with Crippen molar-refractivity contribution in [3.05, 3.63) is 73.9 Å². The molecule has 1 aromatic heterocycles. The lowest BCUT2D eigenvalue weighted by Gasteiger charge is -2.30. The Labute approximate surface area is 212 Å². The fraction of sp³-hybridized carbons (Fsp3) is 0.250. The van der Waals surface area contributed by atoms with E-state index in [2.05, 4.69) is 0 Å². The summed E-state index contributed by atoms with van der Waals surface area (Å²) in [5.41, 5.74) is -7.17. The zero-order chi connectivity index (χ0) is 28.0. The van der Waals surface area contributed by atoms with Gasteiger partial charge in [-0.2, -0.15) is 13.2 Å². The molecule has 200 valence electrons. The maximum Gasteiger partial charge on any atom is 0.425 e. The number of hydrogen-bond donors (Lipinski definition) is 3. The Bertz CT molecular complexity index is 1540. The van der Waals surface area contributed by atoms with E-state index in [-0.39, 0.29) is 22.9 Å². The van der Waals surface area contributed by atoms with Gasteiger partial charge in [-0.1, -0.05) is 17.7 Å². The van der Waals surface area contributed by atoms with E-state index in [1.54, 1.807) is 24.4 Å².